The molecule has 1 amide bonds. The fourth-order valence-electron chi connectivity index (χ4n) is 2.74. The van der Waals surface area contributed by atoms with Gasteiger partial charge < -0.3 is 9.80 Å². The second-order valence-electron chi connectivity index (χ2n) is 6.33. The molecule has 0 spiro atoms. The second-order valence-corrected chi connectivity index (χ2v) is 6.33. The van der Waals surface area contributed by atoms with Crippen molar-refractivity contribution in [3.63, 3.8) is 0 Å². The number of benzene rings is 1. The molecule has 0 unspecified atom stereocenters. The fraction of sp³-hybridized carbons (Fsp3) is 0.529. The Morgan fingerprint density at radius 1 is 1.38 bits per heavy atom. The van der Waals surface area contributed by atoms with E-state index in [1.54, 1.807) is 0 Å². The Morgan fingerprint density at radius 2 is 2.05 bits per heavy atom. The van der Waals surface area contributed by atoms with E-state index in [1.807, 2.05) is 55.1 Å². The smallest absolute Gasteiger partial charge is 0.227 e. The van der Waals surface area contributed by atoms with Gasteiger partial charge in [0.15, 0.2) is 0 Å². The summed E-state index contributed by atoms with van der Waals surface area (Å²) in [6.07, 6.45) is 2.20. The van der Waals surface area contributed by atoms with Gasteiger partial charge in [-0.15, -0.1) is 0 Å². The maximum Gasteiger partial charge on any atom is 0.227 e. The van der Waals surface area contributed by atoms with E-state index in [0.29, 0.717) is 13.0 Å². The van der Waals surface area contributed by atoms with Crippen LogP contribution in [0.1, 0.15) is 25.3 Å². The summed E-state index contributed by atoms with van der Waals surface area (Å²) in [7, 11) is 3.99. The van der Waals surface area contributed by atoms with Crippen LogP contribution in [0.15, 0.2) is 24.3 Å². The number of anilines is 1. The normalized spacial score (nSPS) is 21.7. The highest BCUT2D eigenvalue weighted by Gasteiger charge is 2.32. The zero-order chi connectivity index (χ0) is 15.5. The molecule has 0 radical (unpaired) electrons. The van der Waals surface area contributed by atoms with Crippen molar-refractivity contribution in [1.82, 2.24) is 4.90 Å². The summed E-state index contributed by atoms with van der Waals surface area (Å²) in [6.45, 7) is 3.27. The van der Waals surface area contributed by atoms with Crippen molar-refractivity contribution in [3.05, 3.63) is 29.8 Å². The Bertz CT molecular complexity index is 544. The first-order valence-electron chi connectivity index (χ1n) is 7.39. The Hall–Kier alpha value is -2.02. The Morgan fingerprint density at radius 3 is 2.62 bits per heavy atom. The van der Waals surface area contributed by atoms with Gasteiger partial charge >= 0.3 is 0 Å². The third-order valence-corrected chi connectivity index (χ3v) is 4.13. The van der Waals surface area contributed by atoms with Crippen LogP contribution in [-0.2, 0) is 11.2 Å². The summed E-state index contributed by atoms with van der Waals surface area (Å²) in [4.78, 5) is 16.3. The molecule has 0 saturated carbocycles. The average molecular weight is 285 g/mol. The monoisotopic (exact) mass is 285 g/mol. The topological polar surface area (TPSA) is 47.3 Å². The SMILES string of the molecule is CN(C)c1ccc(CC(=O)N2CCC[C@](C)(C#N)C2)cc1. The van der Waals surface area contributed by atoms with Crippen LogP contribution in [0.2, 0.25) is 0 Å². The molecular weight excluding hydrogens is 262 g/mol. The molecule has 1 saturated heterocycles. The summed E-state index contributed by atoms with van der Waals surface area (Å²) >= 11 is 0. The van der Waals surface area contributed by atoms with Crippen LogP contribution in [0, 0.1) is 16.7 Å². The van der Waals surface area contributed by atoms with Crippen molar-refractivity contribution < 1.29 is 4.79 Å². The molecule has 1 aromatic rings. The first-order valence-corrected chi connectivity index (χ1v) is 7.39. The zero-order valence-corrected chi connectivity index (χ0v) is 13.1. The number of nitrogens with zero attached hydrogens (tertiary/aromatic N) is 3. The zero-order valence-electron chi connectivity index (χ0n) is 13.1. The number of carbonyl (C=O) groups is 1. The van der Waals surface area contributed by atoms with Crippen molar-refractivity contribution >= 4 is 11.6 Å². The van der Waals surface area contributed by atoms with Gasteiger partial charge in [0.2, 0.25) is 5.91 Å². The molecule has 2 rings (SSSR count). The van der Waals surface area contributed by atoms with Crippen LogP contribution in [0.5, 0.6) is 0 Å². The molecule has 112 valence electrons. The lowest BCUT2D eigenvalue weighted by Gasteiger charge is -2.36. The Balaban J connectivity index is 1.99. The molecule has 0 bridgehead atoms. The molecule has 1 aliphatic heterocycles. The van der Waals surface area contributed by atoms with Gasteiger partial charge in [-0.2, -0.15) is 5.26 Å². The van der Waals surface area contributed by atoms with Gasteiger partial charge in [0, 0.05) is 32.9 Å². The van der Waals surface area contributed by atoms with Crippen molar-refractivity contribution in [2.24, 2.45) is 5.41 Å². The predicted molar refractivity (Wildman–Crippen MR) is 84.0 cm³/mol. The summed E-state index contributed by atoms with van der Waals surface area (Å²) in [5.41, 5.74) is 1.76. The van der Waals surface area contributed by atoms with Crippen molar-refractivity contribution in [2.45, 2.75) is 26.2 Å². The fourth-order valence-corrected chi connectivity index (χ4v) is 2.74. The highest BCUT2D eigenvalue weighted by Crippen LogP contribution is 2.28. The van der Waals surface area contributed by atoms with Crippen LogP contribution in [0.25, 0.3) is 0 Å². The number of piperidine rings is 1. The Kier molecular flexibility index (Phi) is 4.52. The number of rotatable bonds is 3. The molecule has 4 heteroatoms. The maximum absolute atomic E-state index is 12.4. The van der Waals surface area contributed by atoms with Crippen LogP contribution >= 0.6 is 0 Å². The van der Waals surface area contributed by atoms with E-state index in [9.17, 15) is 10.1 Å². The van der Waals surface area contributed by atoms with Crippen molar-refractivity contribution in [3.8, 4) is 6.07 Å². The highest BCUT2D eigenvalue weighted by molar-refractivity contribution is 5.79. The van der Waals surface area contributed by atoms with E-state index in [0.717, 1.165) is 30.6 Å². The molecule has 1 aromatic carbocycles. The van der Waals surface area contributed by atoms with Crippen LogP contribution < -0.4 is 4.90 Å². The van der Waals surface area contributed by atoms with Gasteiger partial charge in [0.1, 0.15) is 0 Å². The van der Waals surface area contributed by atoms with E-state index >= 15 is 0 Å². The molecule has 0 N–H and O–H groups in total. The largest absolute Gasteiger partial charge is 0.378 e. The number of hydrogen-bond acceptors (Lipinski definition) is 3. The maximum atomic E-state index is 12.4. The quantitative estimate of drug-likeness (QED) is 0.857. The standard InChI is InChI=1S/C17H23N3O/c1-17(12-18)9-4-10-20(13-17)16(21)11-14-5-7-15(8-6-14)19(2)3/h5-8H,4,9-11,13H2,1-3H3/t17-/m1/s1. The molecule has 1 heterocycles. The van der Waals surface area contributed by atoms with Gasteiger partial charge in [0.25, 0.3) is 0 Å². The summed E-state index contributed by atoms with van der Waals surface area (Å²) < 4.78 is 0. The number of amides is 1. The third-order valence-electron chi connectivity index (χ3n) is 4.13. The number of nitriles is 1. The van der Waals surface area contributed by atoms with E-state index < -0.39 is 0 Å². The summed E-state index contributed by atoms with van der Waals surface area (Å²) in [5, 5.41) is 9.23. The average Bonchev–Trinajstić information content (AvgIpc) is 2.48. The van der Waals surface area contributed by atoms with Crippen LogP contribution in [0.4, 0.5) is 5.69 Å². The van der Waals surface area contributed by atoms with Crippen molar-refractivity contribution in [1.29, 1.82) is 5.26 Å². The van der Waals surface area contributed by atoms with Gasteiger partial charge in [-0.05, 0) is 37.5 Å². The highest BCUT2D eigenvalue weighted by atomic mass is 16.2. The van der Waals surface area contributed by atoms with E-state index in [2.05, 4.69) is 6.07 Å². The first kappa shape index (κ1) is 15.4. The number of carbonyl (C=O) groups excluding carboxylic acids is 1. The molecule has 1 fully saturated rings. The van der Waals surface area contributed by atoms with Crippen LogP contribution in [0.3, 0.4) is 0 Å². The lowest BCUT2D eigenvalue weighted by Crippen LogP contribution is -2.44. The van der Waals surface area contributed by atoms with Gasteiger partial charge in [0.05, 0.1) is 17.9 Å². The molecule has 1 atom stereocenters. The van der Waals surface area contributed by atoms with E-state index in [-0.39, 0.29) is 11.3 Å². The lowest BCUT2D eigenvalue weighted by molar-refractivity contribution is -0.132. The van der Waals surface area contributed by atoms with Crippen molar-refractivity contribution in [2.75, 3.05) is 32.1 Å². The lowest BCUT2D eigenvalue weighted by atomic mass is 9.83. The second kappa shape index (κ2) is 6.17. The van der Waals surface area contributed by atoms with Crippen LogP contribution in [-0.4, -0.2) is 38.0 Å². The number of hydrogen-bond donors (Lipinski definition) is 0. The van der Waals surface area contributed by atoms with E-state index in [1.165, 1.54) is 0 Å². The first-order chi connectivity index (χ1) is 9.93. The molecule has 1 aliphatic rings. The van der Waals surface area contributed by atoms with Gasteiger partial charge in [-0.1, -0.05) is 12.1 Å². The molecule has 21 heavy (non-hydrogen) atoms. The Labute approximate surface area is 127 Å². The minimum Gasteiger partial charge on any atom is -0.378 e. The van der Waals surface area contributed by atoms with Gasteiger partial charge in [-0.3, -0.25) is 4.79 Å². The van der Waals surface area contributed by atoms with E-state index in [4.69, 9.17) is 0 Å². The minimum absolute atomic E-state index is 0.119. The number of likely N-dealkylation sites (tertiary alicyclic amines) is 1. The molecule has 4 nitrogen and oxygen atoms in total. The summed E-state index contributed by atoms with van der Waals surface area (Å²) in [5.74, 6) is 0.119. The van der Waals surface area contributed by atoms with Gasteiger partial charge in [-0.25, -0.2) is 0 Å². The summed E-state index contributed by atoms with van der Waals surface area (Å²) in [6, 6.07) is 10.4. The molecule has 0 aliphatic carbocycles. The third kappa shape index (κ3) is 3.75. The predicted octanol–water partition coefficient (Wildman–Crippen LogP) is 2.45. The molecular formula is C17H23N3O. The molecule has 0 aromatic heterocycles. The minimum atomic E-state index is -0.386.